The maximum atomic E-state index is 12.4. The monoisotopic (exact) mass is 586 g/mol. The Bertz CT molecular complexity index is 1260. The molecule has 2 aromatic rings. The second-order valence-corrected chi connectivity index (χ2v) is 9.86. The van der Waals surface area contributed by atoms with Gasteiger partial charge in [0.1, 0.15) is 23.1 Å². The summed E-state index contributed by atoms with van der Waals surface area (Å²) in [5.41, 5.74) is 0.796. The summed E-state index contributed by atoms with van der Waals surface area (Å²) in [6.45, 7) is 6.87. The van der Waals surface area contributed by atoms with Gasteiger partial charge in [0, 0.05) is 34.6 Å². The van der Waals surface area contributed by atoms with E-state index in [1.165, 1.54) is 24.4 Å². The van der Waals surface area contributed by atoms with Crippen molar-refractivity contribution in [3.05, 3.63) is 17.3 Å². The number of aromatic amines is 1. The van der Waals surface area contributed by atoms with Crippen LogP contribution >= 0.6 is 24.0 Å². The normalized spacial score (nSPS) is 14.8. The van der Waals surface area contributed by atoms with Crippen LogP contribution in [0.25, 0.3) is 11.2 Å². The van der Waals surface area contributed by atoms with E-state index in [0.717, 1.165) is 34.6 Å². The zero-order chi connectivity index (χ0) is 29.3. The molecule has 2 heterocycles. The number of carbonyl (C=O) groups excluding carboxylic acids is 5. The minimum atomic E-state index is -1.56. The molecule has 5 unspecified atom stereocenters. The Hall–Kier alpha value is -3.53. The van der Waals surface area contributed by atoms with Crippen LogP contribution < -0.4 is 0 Å². The van der Waals surface area contributed by atoms with Gasteiger partial charge < -0.3 is 33.2 Å². The zero-order valence-corrected chi connectivity index (χ0v) is 23.8. The fraction of sp³-hybridized carbons (Fsp3) is 0.565. The third-order valence-corrected chi connectivity index (χ3v) is 6.43. The van der Waals surface area contributed by atoms with Crippen molar-refractivity contribution < 1.29 is 47.7 Å². The van der Waals surface area contributed by atoms with Crippen molar-refractivity contribution in [2.45, 2.75) is 71.3 Å². The van der Waals surface area contributed by atoms with Crippen molar-refractivity contribution in [2.24, 2.45) is 0 Å². The van der Waals surface area contributed by atoms with E-state index < -0.39 is 66.2 Å². The highest BCUT2D eigenvalue weighted by Crippen LogP contribution is 2.36. The molecule has 214 valence electrons. The number of rotatable bonds is 13. The average Bonchev–Trinajstić information content (AvgIpc) is 3.26. The van der Waals surface area contributed by atoms with Gasteiger partial charge in [0.05, 0.1) is 12.7 Å². The van der Waals surface area contributed by atoms with Crippen LogP contribution in [0.3, 0.4) is 0 Å². The molecule has 16 heteroatoms. The average molecular weight is 587 g/mol. The molecule has 0 bridgehead atoms. The molecule has 0 saturated heterocycles. The molecule has 0 fully saturated rings. The van der Waals surface area contributed by atoms with E-state index in [4.69, 9.17) is 35.9 Å². The van der Waals surface area contributed by atoms with Crippen LogP contribution in [0.15, 0.2) is 12.7 Å². The SMILES string of the molecule is CCSC(C(OC(C)=O)C(OC(C)=O)C(OC(C)=O)C(COC(C)=O)OC(C)=O)n1cnc2c(=S)nc[nH]c21. The molecule has 1 N–H and O–H groups in total. The van der Waals surface area contributed by atoms with Crippen LogP contribution in [0.1, 0.15) is 46.9 Å². The van der Waals surface area contributed by atoms with Gasteiger partial charge in [0.25, 0.3) is 0 Å². The molecular weight excluding hydrogens is 556 g/mol. The predicted molar refractivity (Wildman–Crippen MR) is 139 cm³/mol. The summed E-state index contributed by atoms with van der Waals surface area (Å²) in [6.07, 6.45) is -3.06. The molecule has 0 aliphatic rings. The number of ether oxygens (including phenoxy) is 5. The van der Waals surface area contributed by atoms with Gasteiger partial charge in [-0.2, -0.15) is 0 Å². The van der Waals surface area contributed by atoms with Gasteiger partial charge in [0.15, 0.2) is 29.1 Å². The molecule has 39 heavy (non-hydrogen) atoms. The maximum Gasteiger partial charge on any atom is 0.303 e. The second kappa shape index (κ2) is 14.6. The Labute approximate surface area is 233 Å². The van der Waals surface area contributed by atoms with E-state index in [0.29, 0.717) is 16.9 Å². The molecule has 0 saturated carbocycles. The fourth-order valence-electron chi connectivity index (χ4n) is 3.72. The van der Waals surface area contributed by atoms with Crippen molar-refractivity contribution in [2.75, 3.05) is 12.4 Å². The molecule has 0 aromatic carbocycles. The van der Waals surface area contributed by atoms with E-state index in [9.17, 15) is 24.0 Å². The number of H-pyrrole nitrogens is 1. The van der Waals surface area contributed by atoms with Crippen molar-refractivity contribution in [1.29, 1.82) is 0 Å². The van der Waals surface area contributed by atoms with Crippen LogP contribution in [-0.2, 0) is 47.7 Å². The lowest BCUT2D eigenvalue weighted by Crippen LogP contribution is -2.54. The van der Waals surface area contributed by atoms with E-state index in [1.807, 2.05) is 6.92 Å². The third-order valence-electron chi connectivity index (χ3n) is 4.96. The Balaban J connectivity index is 2.77. The number of hydrogen-bond donors (Lipinski definition) is 1. The van der Waals surface area contributed by atoms with Crippen LogP contribution in [0.5, 0.6) is 0 Å². The Morgan fingerprint density at radius 2 is 1.44 bits per heavy atom. The summed E-state index contributed by atoms with van der Waals surface area (Å²) in [5.74, 6) is -3.41. The summed E-state index contributed by atoms with van der Waals surface area (Å²) in [4.78, 5) is 71.7. The van der Waals surface area contributed by atoms with Crippen molar-refractivity contribution in [3.8, 4) is 0 Å². The molecule has 0 aliphatic heterocycles. The summed E-state index contributed by atoms with van der Waals surface area (Å²) >= 11 is 6.55. The topological polar surface area (TPSA) is 178 Å². The second-order valence-electron chi connectivity index (χ2n) is 8.08. The highest BCUT2D eigenvalue weighted by Gasteiger charge is 2.47. The van der Waals surface area contributed by atoms with Gasteiger partial charge in [0.2, 0.25) is 0 Å². The molecule has 0 aliphatic carbocycles. The highest BCUT2D eigenvalue weighted by molar-refractivity contribution is 7.99. The number of thioether (sulfide) groups is 1. The minimum Gasteiger partial charge on any atom is -0.462 e. The number of nitrogens with zero attached hydrogens (tertiary/aromatic N) is 3. The lowest BCUT2D eigenvalue weighted by atomic mass is 10.0. The first-order valence-electron chi connectivity index (χ1n) is 11.7. The number of carbonyl (C=O) groups is 5. The van der Waals surface area contributed by atoms with Gasteiger partial charge in [-0.25, -0.2) is 9.97 Å². The van der Waals surface area contributed by atoms with Gasteiger partial charge in [-0.1, -0.05) is 19.1 Å². The first-order chi connectivity index (χ1) is 18.3. The number of nitrogens with one attached hydrogen (secondary N) is 1. The molecule has 0 radical (unpaired) electrons. The number of imidazole rings is 1. The largest absolute Gasteiger partial charge is 0.462 e. The van der Waals surface area contributed by atoms with Crippen molar-refractivity contribution in [1.82, 2.24) is 19.5 Å². The quantitative estimate of drug-likeness (QED) is 0.205. The molecule has 14 nitrogen and oxygen atoms in total. The van der Waals surface area contributed by atoms with Gasteiger partial charge >= 0.3 is 29.8 Å². The molecule has 5 atom stereocenters. The maximum absolute atomic E-state index is 12.4. The summed E-state index contributed by atoms with van der Waals surface area (Å²) in [5, 5.41) is -0.842. The van der Waals surface area contributed by atoms with Gasteiger partial charge in [-0.3, -0.25) is 24.0 Å². The molecular formula is C23H30N4O10S2. The van der Waals surface area contributed by atoms with Crippen molar-refractivity contribution in [3.63, 3.8) is 0 Å². The van der Waals surface area contributed by atoms with E-state index in [-0.39, 0.29) is 4.64 Å². The third kappa shape index (κ3) is 9.02. The molecule has 2 rings (SSSR count). The van der Waals surface area contributed by atoms with Crippen LogP contribution in [-0.4, -0.2) is 86.1 Å². The van der Waals surface area contributed by atoms with Gasteiger partial charge in [-0.15, -0.1) is 11.8 Å². The number of esters is 5. The smallest absolute Gasteiger partial charge is 0.303 e. The zero-order valence-electron chi connectivity index (χ0n) is 22.2. The summed E-state index contributed by atoms with van der Waals surface area (Å²) in [6, 6.07) is 0. The Kier molecular flexibility index (Phi) is 11.8. The van der Waals surface area contributed by atoms with Crippen molar-refractivity contribution >= 4 is 65.0 Å². The Morgan fingerprint density at radius 1 is 0.872 bits per heavy atom. The highest BCUT2D eigenvalue weighted by atomic mass is 32.2. The first kappa shape index (κ1) is 31.7. The lowest BCUT2D eigenvalue weighted by Gasteiger charge is -2.38. The van der Waals surface area contributed by atoms with Crippen LogP contribution in [0.2, 0.25) is 0 Å². The minimum absolute atomic E-state index is 0.220. The van der Waals surface area contributed by atoms with Gasteiger partial charge in [-0.05, 0) is 5.75 Å². The molecule has 0 spiro atoms. The number of fused-ring (bicyclic) bond motifs is 1. The molecule has 2 aromatic heterocycles. The predicted octanol–water partition coefficient (Wildman–Crippen LogP) is 2.03. The van der Waals surface area contributed by atoms with Crippen LogP contribution in [0, 0.1) is 4.64 Å². The number of aromatic nitrogens is 4. The molecule has 0 amide bonds. The first-order valence-corrected chi connectivity index (χ1v) is 13.1. The Morgan fingerprint density at radius 3 is 1.97 bits per heavy atom. The van der Waals surface area contributed by atoms with E-state index in [2.05, 4.69) is 15.0 Å². The van der Waals surface area contributed by atoms with E-state index in [1.54, 1.807) is 4.57 Å². The number of hydrogen-bond acceptors (Lipinski definition) is 14. The fourth-order valence-corrected chi connectivity index (χ4v) is 4.98. The summed E-state index contributed by atoms with van der Waals surface area (Å²) in [7, 11) is 0. The lowest BCUT2D eigenvalue weighted by molar-refractivity contribution is -0.203. The standard InChI is InChI=1S/C23H30N4O10S2/c1-7-39-23(27-10-26-17-21(27)24-9-25-22(17)38)20(37-15(6)32)19(36-14(5)31)18(35-13(4)30)16(34-12(3)29)8-33-11(2)28/h9-10,16,18-20,23H,7-8H2,1-6H3,(H,24,25,38). The van der Waals surface area contributed by atoms with E-state index >= 15 is 0 Å². The summed E-state index contributed by atoms with van der Waals surface area (Å²) < 4.78 is 29.0. The van der Waals surface area contributed by atoms with Crippen LogP contribution in [0.4, 0.5) is 0 Å².